The highest BCUT2D eigenvalue weighted by Crippen LogP contribution is 2.47. The van der Waals surface area contributed by atoms with Crippen molar-refractivity contribution in [3.63, 3.8) is 0 Å². The summed E-state index contributed by atoms with van der Waals surface area (Å²) in [4.78, 5) is 34.9. The van der Waals surface area contributed by atoms with Gasteiger partial charge in [0, 0.05) is 18.2 Å². The second-order valence-electron chi connectivity index (χ2n) is 5.06. The molecule has 1 unspecified atom stereocenters. The van der Waals surface area contributed by atoms with Crippen LogP contribution in [0.4, 0.5) is 0 Å². The molecule has 1 aromatic heterocycles. The number of hydrogen-bond acceptors (Lipinski definition) is 7. The van der Waals surface area contributed by atoms with E-state index in [1.165, 1.54) is 20.0 Å². The standard InChI is InChI=1S/C12H19N2O8P/c1-3-20-23(18,19)22-8-4-10(21-9(8)6-15)14-5-7(2)11(16)13-12(14)17/h5,8-10,15H,3-4,6H2,1-2H3,(H,18,19)(H,13,16,17)/t8-,9+,10+/m0/s1. The van der Waals surface area contributed by atoms with Gasteiger partial charge in [0.2, 0.25) is 0 Å². The summed E-state index contributed by atoms with van der Waals surface area (Å²) in [5.41, 5.74) is -0.882. The lowest BCUT2D eigenvalue weighted by atomic mass is 10.2. The molecular formula is C12H19N2O8P. The average molecular weight is 350 g/mol. The van der Waals surface area contributed by atoms with Crippen LogP contribution in [-0.2, 0) is 18.3 Å². The van der Waals surface area contributed by atoms with Crippen LogP contribution < -0.4 is 11.2 Å². The van der Waals surface area contributed by atoms with Crippen molar-refractivity contribution < 1.29 is 28.3 Å². The van der Waals surface area contributed by atoms with Crippen molar-refractivity contribution in [2.75, 3.05) is 13.2 Å². The predicted octanol–water partition coefficient (Wildman–Crippen LogP) is -0.353. The van der Waals surface area contributed by atoms with Crippen LogP contribution in [0.5, 0.6) is 0 Å². The van der Waals surface area contributed by atoms with E-state index in [-0.39, 0.29) is 13.0 Å². The third-order valence-corrected chi connectivity index (χ3v) is 4.50. The number of phosphoric acid groups is 1. The van der Waals surface area contributed by atoms with Crippen molar-refractivity contribution in [2.45, 2.75) is 38.7 Å². The number of aliphatic hydroxyl groups excluding tert-OH is 1. The molecule has 1 aromatic rings. The van der Waals surface area contributed by atoms with Crippen molar-refractivity contribution in [3.8, 4) is 0 Å². The van der Waals surface area contributed by atoms with E-state index in [1.54, 1.807) is 0 Å². The highest BCUT2D eigenvalue weighted by atomic mass is 31.2. The number of hydrogen-bond donors (Lipinski definition) is 3. The van der Waals surface area contributed by atoms with Gasteiger partial charge in [-0.25, -0.2) is 9.36 Å². The highest BCUT2D eigenvalue weighted by Gasteiger charge is 2.41. The summed E-state index contributed by atoms with van der Waals surface area (Å²) in [6, 6.07) is 0. The summed E-state index contributed by atoms with van der Waals surface area (Å²) in [5, 5.41) is 9.33. The molecule has 0 amide bonds. The fraction of sp³-hybridized carbons (Fsp3) is 0.667. The molecule has 2 heterocycles. The Morgan fingerprint density at radius 3 is 2.83 bits per heavy atom. The summed E-state index contributed by atoms with van der Waals surface area (Å²) >= 11 is 0. The Balaban J connectivity index is 2.22. The number of aromatic amines is 1. The van der Waals surface area contributed by atoms with E-state index < -0.39 is 44.1 Å². The number of ether oxygens (including phenoxy) is 1. The van der Waals surface area contributed by atoms with Crippen molar-refractivity contribution in [3.05, 3.63) is 32.6 Å². The zero-order valence-electron chi connectivity index (χ0n) is 12.7. The maximum atomic E-state index is 11.9. The van der Waals surface area contributed by atoms with E-state index in [9.17, 15) is 24.2 Å². The van der Waals surface area contributed by atoms with Gasteiger partial charge in [0.1, 0.15) is 18.4 Å². The number of phosphoric ester groups is 1. The van der Waals surface area contributed by atoms with Gasteiger partial charge in [-0.15, -0.1) is 0 Å². The Morgan fingerprint density at radius 1 is 1.52 bits per heavy atom. The Kier molecular flexibility index (Phi) is 5.56. The minimum Gasteiger partial charge on any atom is -0.394 e. The zero-order valence-corrected chi connectivity index (χ0v) is 13.6. The lowest BCUT2D eigenvalue weighted by Gasteiger charge is -2.19. The predicted molar refractivity (Wildman–Crippen MR) is 78.0 cm³/mol. The molecule has 3 N–H and O–H groups in total. The number of nitrogens with zero attached hydrogens (tertiary/aromatic N) is 1. The number of nitrogens with one attached hydrogen (secondary N) is 1. The van der Waals surface area contributed by atoms with Gasteiger partial charge in [-0.05, 0) is 13.8 Å². The number of aliphatic hydroxyl groups is 1. The highest BCUT2D eigenvalue weighted by molar-refractivity contribution is 7.47. The first-order valence-electron chi connectivity index (χ1n) is 7.01. The van der Waals surface area contributed by atoms with Gasteiger partial charge in [-0.1, -0.05) is 0 Å². The second-order valence-corrected chi connectivity index (χ2v) is 6.46. The first kappa shape index (κ1) is 18.1. The van der Waals surface area contributed by atoms with E-state index >= 15 is 0 Å². The van der Waals surface area contributed by atoms with Crippen molar-refractivity contribution >= 4 is 7.82 Å². The lowest BCUT2D eigenvalue weighted by molar-refractivity contribution is -0.0463. The van der Waals surface area contributed by atoms with Crippen molar-refractivity contribution in [2.24, 2.45) is 0 Å². The second kappa shape index (κ2) is 7.08. The van der Waals surface area contributed by atoms with E-state index in [4.69, 9.17) is 9.26 Å². The number of aryl methyl sites for hydroxylation is 1. The van der Waals surface area contributed by atoms with E-state index in [1.807, 2.05) is 0 Å². The van der Waals surface area contributed by atoms with E-state index in [0.717, 1.165) is 4.57 Å². The van der Waals surface area contributed by atoms with Crippen LogP contribution in [0.3, 0.4) is 0 Å². The molecule has 1 aliphatic rings. The van der Waals surface area contributed by atoms with Crippen LogP contribution in [0, 0.1) is 6.92 Å². The van der Waals surface area contributed by atoms with Crippen LogP contribution in [0.15, 0.2) is 15.8 Å². The molecule has 11 heteroatoms. The summed E-state index contributed by atoms with van der Waals surface area (Å²) < 4.78 is 28.0. The first-order chi connectivity index (χ1) is 10.8. The van der Waals surface area contributed by atoms with Gasteiger partial charge in [-0.2, -0.15) is 0 Å². The molecular weight excluding hydrogens is 331 g/mol. The summed E-state index contributed by atoms with van der Waals surface area (Å²) in [6.07, 6.45) is -1.33. The average Bonchev–Trinajstić information content (AvgIpc) is 2.84. The molecule has 0 bridgehead atoms. The maximum Gasteiger partial charge on any atom is 0.472 e. The molecule has 10 nitrogen and oxygen atoms in total. The fourth-order valence-corrected chi connectivity index (χ4v) is 3.26. The normalized spacial score (nSPS) is 27.0. The van der Waals surface area contributed by atoms with Crippen LogP contribution in [0.2, 0.25) is 0 Å². The topological polar surface area (TPSA) is 140 Å². The summed E-state index contributed by atoms with van der Waals surface area (Å²) in [6.45, 7) is 2.57. The van der Waals surface area contributed by atoms with Crippen molar-refractivity contribution in [1.29, 1.82) is 0 Å². The molecule has 0 spiro atoms. The molecule has 23 heavy (non-hydrogen) atoms. The van der Waals surface area contributed by atoms with Gasteiger partial charge in [-0.3, -0.25) is 23.4 Å². The SMILES string of the molecule is CCOP(=O)(O)O[C@H]1C[C@H](n2cc(C)c(=O)[nH]c2=O)O[C@@H]1CO. The van der Waals surface area contributed by atoms with Crippen LogP contribution >= 0.6 is 7.82 Å². The minimum absolute atomic E-state index is 0.0207. The number of H-pyrrole nitrogens is 1. The van der Waals surface area contributed by atoms with Crippen LogP contribution in [0.1, 0.15) is 25.1 Å². The first-order valence-corrected chi connectivity index (χ1v) is 8.51. The molecule has 1 saturated heterocycles. The summed E-state index contributed by atoms with van der Waals surface area (Å²) in [5.74, 6) is 0. The van der Waals surface area contributed by atoms with E-state index in [0.29, 0.717) is 5.56 Å². The lowest BCUT2D eigenvalue weighted by Crippen LogP contribution is -2.33. The fourth-order valence-electron chi connectivity index (χ4n) is 2.31. The molecule has 2 rings (SSSR count). The number of rotatable bonds is 6. The van der Waals surface area contributed by atoms with Gasteiger partial charge in [0.15, 0.2) is 0 Å². The largest absolute Gasteiger partial charge is 0.472 e. The summed E-state index contributed by atoms with van der Waals surface area (Å²) in [7, 11) is -4.28. The van der Waals surface area contributed by atoms with Crippen molar-refractivity contribution in [1.82, 2.24) is 9.55 Å². The smallest absolute Gasteiger partial charge is 0.394 e. The third kappa shape index (κ3) is 4.17. The molecule has 0 radical (unpaired) electrons. The van der Waals surface area contributed by atoms with Gasteiger partial charge in [0.25, 0.3) is 5.56 Å². The monoisotopic (exact) mass is 350 g/mol. The molecule has 0 aromatic carbocycles. The molecule has 0 aliphatic carbocycles. The third-order valence-electron chi connectivity index (χ3n) is 3.38. The van der Waals surface area contributed by atoms with Gasteiger partial charge >= 0.3 is 13.5 Å². The minimum atomic E-state index is -4.28. The Morgan fingerprint density at radius 2 is 2.22 bits per heavy atom. The molecule has 1 aliphatic heterocycles. The Labute approximate surface area is 131 Å². The quantitative estimate of drug-likeness (QED) is 0.591. The molecule has 1 fully saturated rings. The van der Waals surface area contributed by atoms with Crippen LogP contribution in [-0.4, -0.2) is 45.0 Å². The molecule has 130 valence electrons. The number of aromatic nitrogens is 2. The van der Waals surface area contributed by atoms with Gasteiger partial charge < -0.3 is 14.7 Å². The zero-order chi connectivity index (χ0) is 17.2. The molecule has 0 saturated carbocycles. The van der Waals surface area contributed by atoms with Crippen LogP contribution in [0.25, 0.3) is 0 Å². The Hall–Kier alpha value is -1.29. The van der Waals surface area contributed by atoms with E-state index in [2.05, 4.69) is 9.51 Å². The maximum absolute atomic E-state index is 11.9. The van der Waals surface area contributed by atoms with Gasteiger partial charge in [0.05, 0.1) is 13.2 Å². The Bertz CT molecular complexity index is 714. The molecule has 4 atom stereocenters.